The number of nitrogens with one attached hydrogen (secondary N) is 1. The van der Waals surface area contributed by atoms with E-state index in [1.807, 2.05) is 25.1 Å². The number of hydrogen-bond acceptors (Lipinski definition) is 5. The van der Waals surface area contributed by atoms with Crippen LogP contribution in [0.1, 0.15) is 46.5 Å². The Labute approximate surface area is 169 Å². The zero-order valence-corrected chi connectivity index (χ0v) is 17.1. The molecule has 1 amide bonds. The quantitative estimate of drug-likeness (QED) is 0.699. The van der Waals surface area contributed by atoms with Gasteiger partial charge in [0.15, 0.2) is 0 Å². The molecule has 0 radical (unpaired) electrons. The summed E-state index contributed by atoms with van der Waals surface area (Å²) < 4.78 is 0. The van der Waals surface area contributed by atoms with Crippen molar-refractivity contribution in [1.82, 2.24) is 15.3 Å². The smallest absolute Gasteiger partial charge is 0.261 e. The summed E-state index contributed by atoms with van der Waals surface area (Å²) in [5.74, 6) is 0.974. The maximum Gasteiger partial charge on any atom is 0.261 e. The molecule has 0 spiro atoms. The van der Waals surface area contributed by atoms with Crippen LogP contribution in [-0.2, 0) is 6.42 Å². The maximum atomic E-state index is 12.8. The number of aromatic nitrogens is 2. The summed E-state index contributed by atoms with van der Waals surface area (Å²) >= 11 is 1.47. The number of fused-ring (bicyclic) bond motifs is 1. The Balaban J connectivity index is 1.53. The molecule has 0 aliphatic carbocycles. The Morgan fingerprint density at radius 1 is 1.11 bits per heavy atom. The molecule has 3 aromatic rings. The van der Waals surface area contributed by atoms with Crippen molar-refractivity contribution in [2.24, 2.45) is 0 Å². The predicted octanol–water partition coefficient (Wildman–Crippen LogP) is 4.35. The summed E-state index contributed by atoms with van der Waals surface area (Å²) in [5.41, 5.74) is 2.22. The number of carbonyl (C=O) groups excluding carboxylic acids is 1. The zero-order chi connectivity index (χ0) is 19.3. The molecule has 6 heteroatoms. The van der Waals surface area contributed by atoms with E-state index in [9.17, 15) is 4.79 Å². The average Bonchev–Trinajstić information content (AvgIpc) is 2.89. The van der Waals surface area contributed by atoms with Crippen LogP contribution in [-0.4, -0.2) is 35.5 Å². The van der Waals surface area contributed by atoms with Crippen LogP contribution in [0.15, 0.2) is 36.7 Å². The van der Waals surface area contributed by atoms with Gasteiger partial charge < -0.3 is 10.2 Å². The Bertz CT molecular complexity index is 946. The Morgan fingerprint density at radius 2 is 1.86 bits per heavy atom. The lowest BCUT2D eigenvalue weighted by Gasteiger charge is -2.22. The average molecular weight is 395 g/mol. The van der Waals surface area contributed by atoms with Crippen molar-refractivity contribution < 1.29 is 4.79 Å². The molecule has 0 unspecified atom stereocenters. The van der Waals surface area contributed by atoms with Crippen molar-refractivity contribution in [1.29, 1.82) is 0 Å². The van der Waals surface area contributed by atoms with Crippen LogP contribution in [0.4, 0.5) is 5.82 Å². The van der Waals surface area contributed by atoms with Crippen molar-refractivity contribution in [2.75, 3.05) is 24.5 Å². The van der Waals surface area contributed by atoms with Crippen molar-refractivity contribution in [2.45, 2.75) is 39.0 Å². The van der Waals surface area contributed by atoms with E-state index >= 15 is 0 Å². The van der Waals surface area contributed by atoms with Crippen LogP contribution in [0, 0.1) is 6.92 Å². The third-order valence-electron chi connectivity index (χ3n) is 5.36. The van der Waals surface area contributed by atoms with E-state index in [2.05, 4.69) is 32.3 Å². The summed E-state index contributed by atoms with van der Waals surface area (Å²) in [5, 5.41) is 4.11. The van der Waals surface area contributed by atoms with Crippen LogP contribution >= 0.6 is 11.3 Å². The van der Waals surface area contributed by atoms with Gasteiger partial charge in [0, 0.05) is 19.6 Å². The second-order valence-corrected chi connectivity index (χ2v) is 8.33. The van der Waals surface area contributed by atoms with Gasteiger partial charge in [0.1, 0.15) is 17.0 Å². The summed E-state index contributed by atoms with van der Waals surface area (Å²) in [6.45, 7) is 4.71. The number of rotatable bonds is 5. The number of aryl methyl sites for hydroxylation is 1. The van der Waals surface area contributed by atoms with E-state index in [4.69, 9.17) is 0 Å². The minimum absolute atomic E-state index is 0.0155. The maximum absolute atomic E-state index is 12.8. The van der Waals surface area contributed by atoms with Crippen LogP contribution in [0.3, 0.4) is 0 Å². The second-order valence-electron chi connectivity index (χ2n) is 7.33. The highest BCUT2D eigenvalue weighted by atomic mass is 32.1. The lowest BCUT2D eigenvalue weighted by molar-refractivity contribution is 0.0957. The van der Waals surface area contributed by atoms with Gasteiger partial charge in [-0.2, -0.15) is 0 Å². The largest absolute Gasteiger partial charge is 0.356 e. The predicted molar refractivity (Wildman–Crippen MR) is 115 cm³/mol. The first-order valence-corrected chi connectivity index (χ1v) is 10.9. The standard InChI is InChI=1S/C22H26N4OS/c1-16-18-20(26-13-7-2-3-8-14-26)24-15-25-22(18)28-19(16)21(27)23-12-11-17-9-5-4-6-10-17/h4-6,9-10,15H,2-3,7-8,11-14H2,1H3,(H,23,27). The fraction of sp³-hybridized carbons (Fsp3) is 0.409. The number of thiophene rings is 1. The van der Waals surface area contributed by atoms with Crippen LogP contribution in [0.25, 0.3) is 10.2 Å². The fourth-order valence-electron chi connectivity index (χ4n) is 3.84. The molecular formula is C22H26N4OS. The molecule has 3 heterocycles. The van der Waals surface area contributed by atoms with E-state index in [1.165, 1.54) is 42.6 Å². The normalized spacial score (nSPS) is 14.8. The third-order valence-corrected chi connectivity index (χ3v) is 6.56. The van der Waals surface area contributed by atoms with Gasteiger partial charge in [-0.05, 0) is 37.3 Å². The molecule has 1 fully saturated rings. The molecule has 4 rings (SSSR count). The number of benzene rings is 1. The van der Waals surface area contributed by atoms with Gasteiger partial charge in [0.2, 0.25) is 0 Å². The number of carbonyl (C=O) groups is 1. The van der Waals surface area contributed by atoms with E-state index in [0.717, 1.165) is 46.0 Å². The molecule has 1 saturated heterocycles. The number of amides is 1. The molecule has 146 valence electrons. The van der Waals surface area contributed by atoms with Crippen molar-refractivity contribution in [3.8, 4) is 0 Å². The van der Waals surface area contributed by atoms with Crippen molar-refractivity contribution >= 4 is 33.3 Å². The van der Waals surface area contributed by atoms with Gasteiger partial charge in [-0.3, -0.25) is 4.79 Å². The first kappa shape index (κ1) is 18.9. The van der Waals surface area contributed by atoms with E-state index in [-0.39, 0.29) is 5.91 Å². The molecule has 0 saturated carbocycles. The SMILES string of the molecule is Cc1c(C(=O)NCCc2ccccc2)sc2ncnc(N3CCCCCC3)c12. The van der Waals surface area contributed by atoms with Crippen LogP contribution in [0.2, 0.25) is 0 Å². The van der Waals surface area contributed by atoms with E-state index in [1.54, 1.807) is 6.33 Å². The van der Waals surface area contributed by atoms with Gasteiger partial charge in [0.05, 0.1) is 10.3 Å². The number of anilines is 1. The molecular weight excluding hydrogens is 368 g/mol. The Kier molecular flexibility index (Phi) is 5.86. The first-order chi connectivity index (χ1) is 13.7. The lowest BCUT2D eigenvalue weighted by atomic mass is 10.1. The molecule has 1 aliphatic rings. The van der Waals surface area contributed by atoms with Gasteiger partial charge in [-0.1, -0.05) is 43.2 Å². The summed E-state index contributed by atoms with van der Waals surface area (Å²) in [7, 11) is 0. The molecule has 28 heavy (non-hydrogen) atoms. The van der Waals surface area contributed by atoms with Gasteiger partial charge >= 0.3 is 0 Å². The molecule has 0 bridgehead atoms. The summed E-state index contributed by atoms with van der Waals surface area (Å²) in [4.78, 5) is 25.9. The second kappa shape index (κ2) is 8.69. The van der Waals surface area contributed by atoms with E-state index in [0.29, 0.717) is 6.54 Å². The molecule has 1 aliphatic heterocycles. The topological polar surface area (TPSA) is 58.1 Å². The third kappa shape index (κ3) is 4.02. The minimum Gasteiger partial charge on any atom is -0.356 e. The van der Waals surface area contributed by atoms with Crippen LogP contribution < -0.4 is 10.2 Å². The molecule has 1 N–H and O–H groups in total. The zero-order valence-electron chi connectivity index (χ0n) is 16.3. The van der Waals surface area contributed by atoms with Gasteiger partial charge in [-0.15, -0.1) is 11.3 Å². The monoisotopic (exact) mass is 394 g/mol. The van der Waals surface area contributed by atoms with Crippen LogP contribution in [0.5, 0.6) is 0 Å². The number of nitrogens with zero attached hydrogens (tertiary/aromatic N) is 3. The molecule has 2 aromatic heterocycles. The highest BCUT2D eigenvalue weighted by Crippen LogP contribution is 2.35. The molecule has 0 atom stereocenters. The fourth-order valence-corrected chi connectivity index (χ4v) is 4.90. The Morgan fingerprint density at radius 3 is 2.61 bits per heavy atom. The van der Waals surface area contributed by atoms with Crippen molar-refractivity contribution in [3.05, 3.63) is 52.7 Å². The lowest BCUT2D eigenvalue weighted by Crippen LogP contribution is -2.26. The van der Waals surface area contributed by atoms with E-state index < -0.39 is 0 Å². The van der Waals surface area contributed by atoms with Gasteiger partial charge in [-0.25, -0.2) is 9.97 Å². The van der Waals surface area contributed by atoms with Gasteiger partial charge in [0.25, 0.3) is 5.91 Å². The highest BCUT2D eigenvalue weighted by Gasteiger charge is 2.22. The Hall–Kier alpha value is -2.47. The molecule has 1 aromatic carbocycles. The summed E-state index contributed by atoms with van der Waals surface area (Å²) in [6, 6.07) is 10.2. The summed E-state index contributed by atoms with van der Waals surface area (Å²) in [6.07, 6.45) is 7.42. The highest BCUT2D eigenvalue weighted by molar-refractivity contribution is 7.20. The first-order valence-electron chi connectivity index (χ1n) is 10.0. The molecule has 5 nitrogen and oxygen atoms in total. The minimum atomic E-state index is -0.0155. The number of hydrogen-bond donors (Lipinski definition) is 1. The van der Waals surface area contributed by atoms with Crippen molar-refractivity contribution in [3.63, 3.8) is 0 Å².